The van der Waals surface area contributed by atoms with Crippen molar-refractivity contribution < 1.29 is 9.18 Å². The average Bonchev–Trinajstić information content (AvgIpc) is 2.14. The van der Waals surface area contributed by atoms with Crippen LogP contribution in [0.1, 0.15) is 10.4 Å². The third kappa shape index (κ3) is 3.56. The van der Waals surface area contributed by atoms with Gasteiger partial charge in [0.1, 0.15) is 5.82 Å². The second-order valence-corrected chi connectivity index (χ2v) is 4.21. The molecule has 6 heteroatoms. The SMILES string of the molecule is NC(=S)CNC(=O)c1ccc(Br)cc1F. The number of nitrogens with one attached hydrogen (secondary N) is 1. The molecule has 0 fully saturated rings. The van der Waals surface area contributed by atoms with E-state index in [1.165, 1.54) is 12.1 Å². The summed E-state index contributed by atoms with van der Waals surface area (Å²) in [5, 5.41) is 2.40. The van der Waals surface area contributed by atoms with Crippen LogP contribution in [0.5, 0.6) is 0 Å². The van der Waals surface area contributed by atoms with Crippen molar-refractivity contribution in [1.82, 2.24) is 5.32 Å². The molecular weight excluding hydrogens is 283 g/mol. The minimum absolute atomic E-state index is 0.0329. The van der Waals surface area contributed by atoms with Crippen molar-refractivity contribution in [2.45, 2.75) is 0 Å². The Bertz CT molecular complexity index is 411. The van der Waals surface area contributed by atoms with E-state index in [1.807, 2.05) is 0 Å². The molecule has 0 spiro atoms. The zero-order chi connectivity index (χ0) is 11.4. The minimum Gasteiger partial charge on any atom is -0.392 e. The van der Waals surface area contributed by atoms with Crippen LogP contribution >= 0.6 is 28.1 Å². The number of amides is 1. The molecular formula is C9H8BrFN2OS. The summed E-state index contributed by atoms with van der Waals surface area (Å²) in [4.78, 5) is 11.6. The van der Waals surface area contributed by atoms with Gasteiger partial charge in [0.25, 0.3) is 5.91 Å². The summed E-state index contributed by atoms with van der Waals surface area (Å²) in [5.41, 5.74) is 5.16. The normalized spacial score (nSPS) is 9.73. The minimum atomic E-state index is -0.593. The van der Waals surface area contributed by atoms with E-state index in [-0.39, 0.29) is 17.1 Å². The molecule has 0 atom stereocenters. The molecule has 0 aromatic heterocycles. The summed E-state index contributed by atoms with van der Waals surface area (Å²) in [7, 11) is 0. The third-order valence-electron chi connectivity index (χ3n) is 1.60. The van der Waals surface area contributed by atoms with Crippen LogP contribution in [0, 0.1) is 5.82 Å². The number of thiocarbonyl (C=S) groups is 1. The Morgan fingerprint density at radius 2 is 2.27 bits per heavy atom. The molecule has 0 aliphatic heterocycles. The van der Waals surface area contributed by atoms with Crippen LogP contribution in [0.3, 0.4) is 0 Å². The molecule has 3 N–H and O–H groups in total. The molecule has 0 bridgehead atoms. The van der Waals surface area contributed by atoms with E-state index in [2.05, 4.69) is 33.5 Å². The lowest BCUT2D eigenvalue weighted by molar-refractivity contribution is 0.0955. The van der Waals surface area contributed by atoms with Gasteiger partial charge in [0.15, 0.2) is 0 Å². The highest BCUT2D eigenvalue weighted by Gasteiger charge is 2.11. The van der Waals surface area contributed by atoms with Gasteiger partial charge in [0.2, 0.25) is 0 Å². The number of halogens is 2. The van der Waals surface area contributed by atoms with Gasteiger partial charge in [0.05, 0.1) is 17.1 Å². The van der Waals surface area contributed by atoms with Gasteiger partial charge >= 0.3 is 0 Å². The Morgan fingerprint density at radius 3 is 2.80 bits per heavy atom. The quantitative estimate of drug-likeness (QED) is 0.832. The lowest BCUT2D eigenvalue weighted by atomic mass is 10.2. The van der Waals surface area contributed by atoms with Crippen molar-refractivity contribution in [2.24, 2.45) is 5.73 Å². The Kier molecular flexibility index (Phi) is 4.16. The van der Waals surface area contributed by atoms with Gasteiger partial charge in [-0.05, 0) is 18.2 Å². The van der Waals surface area contributed by atoms with E-state index in [1.54, 1.807) is 6.07 Å². The summed E-state index contributed by atoms with van der Waals surface area (Å²) in [6, 6.07) is 4.18. The highest BCUT2D eigenvalue weighted by Crippen LogP contribution is 2.14. The van der Waals surface area contributed by atoms with Gasteiger partial charge in [0, 0.05) is 4.47 Å². The van der Waals surface area contributed by atoms with Gasteiger partial charge in [-0.1, -0.05) is 28.1 Å². The summed E-state index contributed by atoms with van der Waals surface area (Å²) in [5.74, 6) is -1.13. The standard InChI is InChI=1S/C9H8BrFN2OS/c10-5-1-2-6(7(11)3-5)9(14)13-4-8(12)15/h1-3H,4H2,(H2,12,15)(H,13,14). The molecule has 1 amide bonds. The van der Waals surface area contributed by atoms with Crippen LogP contribution in [0.2, 0.25) is 0 Å². The van der Waals surface area contributed by atoms with Crippen LogP contribution in [-0.4, -0.2) is 17.4 Å². The molecule has 15 heavy (non-hydrogen) atoms. The molecule has 1 aromatic rings. The lowest BCUT2D eigenvalue weighted by Crippen LogP contribution is -2.32. The predicted octanol–water partition coefficient (Wildman–Crippen LogP) is 1.60. The maximum Gasteiger partial charge on any atom is 0.254 e. The Labute approximate surface area is 100.0 Å². The molecule has 3 nitrogen and oxygen atoms in total. The summed E-state index contributed by atoms with van der Waals surface area (Å²) in [6.07, 6.45) is 0. The van der Waals surface area contributed by atoms with Crippen LogP contribution in [0.15, 0.2) is 22.7 Å². The van der Waals surface area contributed by atoms with Crippen LogP contribution in [0.25, 0.3) is 0 Å². The molecule has 80 valence electrons. The fourth-order valence-corrected chi connectivity index (χ4v) is 1.34. The van der Waals surface area contributed by atoms with E-state index >= 15 is 0 Å². The van der Waals surface area contributed by atoms with Crippen molar-refractivity contribution in [3.63, 3.8) is 0 Å². The predicted molar refractivity (Wildman–Crippen MR) is 63.2 cm³/mol. The van der Waals surface area contributed by atoms with Gasteiger partial charge in [-0.3, -0.25) is 4.79 Å². The highest BCUT2D eigenvalue weighted by molar-refractivity contribution is 9.10. The fraction of sp³-hybridized carbons (Fsp3) is 0.111. The third-order valence-corrected chi connectivity index (χ3v) is 2.24. The highest BCUT2D eigenvalue weighted by atomic mass is 79.9. The largest absolute Gasteiger partial charge is 0.392 e. The fourth-order valence-electron chi connectivity index (χ4n) is 0.936. The van der Waals surface area contributed by atoms with Gasteiger partial charge in [-0.25, -0.2) is 4.39 Å². The molecule has 0 aliphatic carbocycles. The number of nitrogens with two attached hydrogens (primary N) is 1. The molecule has 0 saturated carbocycles. The first kappa shape index (κ1) is 12.1. The Balaban J connectivity index is 2.78. The van der Waals surface area contributed by atoms with Gasteiger partial charge in [-0.15, -0.1) is 0 Å². The zero-order valence-corrected chi connectivity index (χ0v) is 9.99. The molecule has 0 saturated heterocycles. The first-order valence-electron chi connectivity index (χ1n) is 4.02. The maximum atomic E-state index is 13.3. The van der Waals surface area contributed by atoms with E-state index < -0.39 is 11.7 Å². The van der Waals surface area contributed by atoms with Crippen molar-refractivity contribution in [2.75, 3.05) is 6.54 Å². The zero-order valence-electron chi connectivity index (χ0n) is 7.59. The summed E-state index contributed by atoms with van der Waals surface area (Å²) in [6.45, 7) is 0.0592. The molecule has 1 aromatic carbocycles. The maximum absolute atomic E-state index is 13.3. The first-order chi connectivity index (χ1) is 7.00. The average molecular weight is 291 g/mol. The summed E-state index contributed by atoms with van der Waals surface area (Å²) < 4.78 is 13.8. The molecule has 0 unspecified atom stereocenters. The number of hydrogen-bond donors (Lipinski definition) is 2. The number of hydrogen-bond acceptors (Lipinski definition) is 2. The molecule has 0 heterocycles. The van der Waals surface area contributed by atoms with Crippen LogP contribution < -0.4 is 11.1 Å². The number of carbonyl (C=O) groups excluding carboxylic acids is 1. The number of benzene rings is 1. The Morgan fingerprint density at radius 1 is 1.60 bits per heavy atom. The van der Waals surface area contributed by atoms with E-state index in [0.29, 0.717) is 4.47 Å². The van der Waals surface area contributed by atoms with Gasteiger partial charge in [-0.2, -0.15) is 0 Å². The topological polar surface area (TPSA) is 55.1 Å². The van der Waals surface area contributed by atoms with Crippen molar-refractivity contribution in [1.29, 1.82) is 0 Å². The smallest absolute Gasteiger partial charge is 0.254 e. The second-order valence-electron chi connectivity index (χ2n) is 2.77. The first-order valence-corrected chi connectivity index (χ1v) is 5.22. The van der Waals surface area contributed by atoms with Crippen molar-refractivity contribution in [3.05, 3.63) is 34.1 Å². The molecule has 1 rings (SSSR count). The van der Waals surface area contributed by atoms with E-state index in [0.717, 1.165) is 0 Å². The van der Waals surface area contributed by atoms with Crippen LogP contribution in [0.4, 0.5) is 4.39 Å². The summed E-state index contributed by atoms with van der Waals surface area (Å²) >= 11 is 7.67. The number of carbonyl (C=O) groups is 1. The van der Waals surface area contributed by atoms with Crippen molar-refractivity contribution >= 4 is 39.0 Å². The van der Waals surface area contributed by atoms with E-state index in [9.17, 15) is 9.18 Å². The van der Waals surface area contributed by atoms with Crippen molar-refractivity contribution in [3.8, 4) is 0 Å². The Hall–Kier alpha value is -1.01. The monoisotopic (exact) mass is 290 g/mol. The van der Waals surface area contributed by atoms with E-state index in [4.69, 9.17) is 5.73 Å². The van der Waals surface area contributed by atoms with Gasteiger partial charge < -0.3 is 11.1 Å². The number of rotatable bonds is 3. The van der Waals surface area contributed by atoms with Crippen LogP contribution in [-0.2, 0) is 0 Å². The molecule has 0 aliphatic rings. The second kappa shape index (κ2) is 5.18. The molecule has 0 radical (unpaired) electrons. The lowest BCUT2D eigenvalue weighted by Gasteiger charge is -2.04.